The Morgan fingerprint density at radius 2 is 1.95 bits per heavy atom. The van der Waals surface area contributed by atoms with E-state index in [0.29, 0.717) is 18.5 Å². The molecule has 0 aromatic carbocycles. The lowest BCUT2D eigenvalue weighted by molar-refractivity contribution is 0.487. The highest BCUT2D eigenvalue weighted by molar-refractivity contribution is 5.07. The van der Waals surface area contributed by atoms with Crippen molar-refractivity contribution in [2.45, 2.75) is 53.8 Å². The normalized spacial score (nSPS) is 11.8. The van der Waals surface area contributed by atoms with E-state index in [0.717, 1.165) is 24.7 Å². The zero-order valence-electron chi connectivity index (χ0n) is 13.7. The minimum absolute atomic E-state index is 0.314. The van der Waals surface area contributed by atoms with Crippen molar-refractivity contribution in [3.8, 4) is 0 Å². The van der Waals surface area contributed by atoms with Gasteiger partial charge in [0.05, 0.1) is 12.2 Å². The first-order valence-electron chi connectivity index (χ1n) is 7.59. The van der Waals surface area contributed by atoms with Crippen molar-refractivity contribution in [2.24, 2.45) is 5.92 Å². The summed E-state index contributed by atoms with van der Waals surface area (Å²) in [5, 5.41) is 7.77. The second-order valence-electron chi connectivity index (χ2n) is 6.12. The van der Waals surface area contributed by atoms with E-state index in [-0.39, 0.29) is 0 Å². The Bertz CT molecular complexity index is 566. The molecule has 0 spiro atoms. The third-order valence-electron chi connectivity index (χ3n) is 3.43. The summed E-state index contributed by atoms with van der Waals surface area (Å²) in [5.74, 6) is 2.62. The van der Waals surface area contributed by atoms with E-state index < -0.39 is 0 Å². The van der Waals surface area contributed by atoms with Crippen molar-refractivity contribution in [1.29, 1.82) is 0 Å². The lowest BCUT2D eigenvalue weighted by Crippen LogP contribution is -2.22. The number of aromatic nitrogens is 5. The van der Waals surface area contributed by atoms with Crippen LogP contribution in [0.4, 0.5) is 0 Å². The summed E-state index contributed by atoms with van der Waals surface area (Å²) < 4.78 is 4.17. The highest BCUT2D eigenvalue weighted by Crippen LogP contribution is 2.11. The molecule has 0 atom stereocenters. The molecule has 2 rings (SSSR count). The topological polar surface area (TPSA) is 60.6 Å². The predicted molar refractivity (Wildman–Crippen MR) is 83.0 cm³/mol. The van der Waals surface area contributed by atoms with Gasteiger partial charge in [0.1, 0.15) is 18.0 Å². The molecule has 0 aliphatic carbocycles. The Labute approximate surface area is 126 Å². The predicted octanol–water partition coefficient (Wildman–Crippen LogP) is 2.16. The second-order valence-corrected chi connectivity index (χ2v) is 6.12. The third kappa shape index (κ3) is 3.91. The van der Waals surface area contributed by atoms with Gasteiger partial charge in [0.2, 0.25) is 0 Å². The maximum absolute atomic E-state index is 4.43. The Morgan fingerprint density at radius 1 is 1.19 bits per heavy atom. The van der Waals surface area contributed by atoms with E-state index in [1.165, 1.54) is 5.69 Å². The molecule has 0 saturated carbocycles. The molecule has 0 radical (unpaired) electrons. The van der Waals surface area contributed by atoms with Crippen LogP contribution in [0.25, 0.3) is 0 Å². The number of nitrogens with zero attached hydrogens (tertiary/aromatic N) is 5. The van der Waals surface area contributed by atoms with Crippen LogP contribution in [0.5, 0.6) is 0 Å². The monoisotopic (exact) mass is 290 g/mol. The van der Waals surface area contributed by atoms with Crippen LogP contribution in [0, 0.1) is 12.8 Å². The van der Waals surface area contributed by atoms with E-state index in [9.17, 15) is 0 Å². The highest BCUT2D eigenvalue weighted by Gasteiger charge is 2.12. The fourth-order valence-electron chi connectivity index (χ4n) is 2.32. The summed E-state index contributed by atoms with van der Waals surface area (Å²) in [4.78, 5) is 8.82. The zero-order valence-corrected chi connectivity index (χ0v) is 13.7. The highest BCUT2D eigenvalue weighted by atomic mass is 15.4. The molecule has 0 aliphatic heterocycles. The van der Waals surface area contributed by atoms with Crippen LogP contribution in [0.3, 0.4) is 0 Å². The SMILES string of the molecule is Cc1ncc(CNCC(C)C)n1Cc1ncnn1C(C)C. The smallest absolute Gasteiger partial charge is 0.147 e. The van der Waals surface area contributed by atoms with Crippen LogP contribution in [0.2, 0.25) is 0 Å². The zero-order chi connectivity index (χ0) is 15.4. The molecule has 0 saturated heterocycles. The molecular formula is C15H26N6. The van der Waals surface area contributed by atoms with E-state index in [2.05, 4.69) is 52.6 Å². The summed E-state index contributed by atoms with van der Waals surface area (Å²) in [6.45, 7) is 13.2. The summed E-state index contributed by atoms with van der Waals surface area (Å²) in [7, 11) is 0. The molecule has 6 nitrogen and oxygen atoms in total. The number of imidazole rings is 1. The molecule has 21 heavy (non-hydrogen) atoms. The van der Waals surface area contributed by atoms with Gasteiger partial charge in [0.25, 0.3) is 0 Å². The molecule has 2 aromatic heterocycles. The van der Waals surface area contributed by atoms with Crippen LogP contribution in [0.1, 0.15) is 51.1 Å². The minimum Gasteiger partial charge on any atom is -0.323 e. The molecule has 2 heterocycles. The lowest BCUT2D eigenvalue weighted by Gasteiger charge is -2.14. The van der Waals surface area contributed by atoms with Gasteiger partial charge in [0.15, 0.2) is 0 Å². The van der Waals surface area contributed by atoms with Gasteiger partial charge in [-0.25, -0.2) is 14.6 Å². The number of nitrogens with one attached hydrogen (secondary N) is 1. The number of aryl methyl sites for hydroxylation is 1. The van der Waals surface area contributed by atoms with Crippen molar-refractivity contribution in [3.63, 3.8) is 0 Å². The fraction of sp³-hybridized carbons (Fsp3) is 0.667. The van der Waals surface area contributed by atoms with Gasteiger partial charge in [0, 0.05) is 18.8 Å². The van der Waals surface area contributed by atoms with Gasteiger partial charge in [-0.3, -0.25) is 0 Å². The minimum atomic E-state index is 0.314. The number of hydrogen-bond donors (Lipinski definition) is 1. The first kappa shape index (κ1) is 15.7. The Balaban J connectivity index is 2.12. The number of hydrogen-bond acceptors (Lipinski definition) is 4. The molecule has 1 N–H and O–H groups in total. The van der Waals surface area contributed by atoms with E-state index >= 15 is 0 Å². The third-order valence-corrected chi connectivity index (χ3v) is 3.43. The van der Waals surface area contributed by atoms with E-state index in [1.807, 2.05) is 17.8 Å². The summed E-state index contributed by atoms with van der Waals surface area (Å²) >= 11 is 0. The maximum atomic E-state index is 4.43. The largest absolute Gasteiger partial charge is 0.323 e. The summed E-state index contributed by atoms with van der Waals surface area (Å²) in [6.07, 6.45) is 3.57. The summed E-state index contributed by atoms with van der Waals surface area (Å²) in [5.41, 5.74) is 1.19. The van der Waals surface area contributed by atoms with Crippen molar-refractivity contribution >= 4 is 0 Å². The van der Waals surface area contributed by atoms with Crippen molar-refractivity contribution in [2.75, 3.05) is 6.54 Å². The molecule has 6 heteroatoms. The Hall–Kier alpha value is -1.69. The maximum Gasteiger partial charge on any atom is 0.147 e. The van der Waals surface area contributed by atoms with Gasteiger partial charge in [-0.1, -0.05) is 13.8 Å². The van der Waals surface area contributed by atoms with E-state index in [1.54, 1.807) is 6.33 Å². The van der Waals surface area contributed by atoms with Crippen LogP contribution in [-0.2, 0) is 13.1 Å². The quantitative estimate of drug-likeness (QED) is 0.849. The van der Waals surface area contributed by atoms with Gasteiger partial charge < -0.3 is 9.88 Å². The van der Waals surface area contributed by atoms with Crippen molar-refractivity contribution in [1.82, 2.24) is 29.6 Å². The van der Waals surface area contributed by atoms with Gasteiger partial charge >= 0.3 is 0 Å². The Kier molecular flexibility index (Phi) is 5.12. The molecule has 0 aliphatic rings. The molecule has 2 aromatic rings. The average molecular weight is 290 g/mol. The summed E-state index contributed by atoms with van der Waals surface area (Å²) in [6, 6.07) is 0.314. The number of rotatable bonds is 7. The fourth-order valence-corrected chi connectivity index (χ4v) is 2.32. The van der Waals surface area contributed by atoms with Crippen molar-refractivity contribution in [3.05, 3.63) is 29.9 Å². The molecule has 0 unspecified atom stereocenters. The van der Waals surface area contributed by atoms with Crippen LogP contribution in [-0.4, -0.2) is 30.9 Å². The lowest BCUT2D eigenvalue weighted by atomic mass is 10.2. The van der Waals surface area contributed by atoms with Gasteiger partial charge in [-0.2, -0.15) is 5.10 Å². The first-order chi connectivity index (χ1) is 9.99. The van der Waals surface area contributed by atoms with Crippen LogP contribution < -0.4 is 5.32 Å². The molecule has 0 fully saturated rings. The van der Waals surface area contributed by atoms with Gasteiger partial charge in [-0.05, 0) is 33.2 Å². The molecular weight excluding hydrogens is 264 g/mol. The van der Waals surface area contributed by atoms with E-state index in [4.69, 9.17) is 0 Å². The molecule has 0 amide bonds. The van der Waals surface area contributed by atoms with Crippen LogP contribution in [0.15, 0.2) is 12.5 Å². The molecule has 0 bridgehead atoms. The van der Waals surface area contributed by atoms with Crippen molar-refractivity contribution < 1.29 is 0 Å². The van der Waals surface area contributed by atoms with Gasteiger partial charge in [-0.15, -0.1) is 0 Å². The van der Waals surface area contributed by atoms with Crippen LogP contribution >= 0.6 is 0 Å². The molecule has 116 valence electrons. The standard InChI is InChI=1S/C15H26N6/c1-11(2)6-16-7-14-8-17-13(5)20(14)9-15-18-10-19-21(15)12(3)4/h8,10-12,16H,6-7,9H2,1-5H3. The first-order valence-corrected chi connectivity index (χ1v) is 7.59. The average Bonchev–Trinajstić information content (AvgIpc) is 2.99. The second kappa shape index (κ2) is 6.85. The Morgan fingerprint density at radius 3 is 2.62 bits per heavy atom.